The van der Waals surface area contributed by atoms with Gasteiger partial charge in [-0.2, -0.15) is 0 Å². The first kappa shape index (κ1) is 11.9. The molecular formula is C13H17FO. The van der Waals surface area contributed by atoms with Crippen LogP contribution in [0.4, 0.5) is 4.39 Å². The highest BCUT2D eigenvalue weighted by Crippen LogP contribution is 2.08. The Balaban J connectivity index is 2.26. The summed E-state index contributed by atoms with van der Waals surface area (Å²) in [6.45, 7) is 2.01. The van der Waals surface area contributed by atoms with Crippen molar-refractivity contribution < 1.29 is 9.18 Å². The monoisotopic (exact) mass is 208 g/mol. The number of halogens is 1. The Labute approximate surface area is 90.3 Å². The zero-order chi connectivity index (χ0) is 11.1. The van der Waals surface area contributed by atoms with Crippen molar-refractivity contribution in [3.05, 3.63) is 35.6 Å². The maximum absolute atomic E-state index is 12.6. The number of carbonyl (C=O) groups excluding carboxylic acids is 1. The molecule has 2 heteroatoms. The Morgan fingerprint density at radius 1 is 1.20 bits per heavy atom. The van der Waals surface area contributed by atoms with Crippen molar-refractivity contribution in [1.29, 1.82) is 0 Å². The molecule has 0 aromatic heterocycles. The minimum Gasteiger partial charge on any atom is -0.300 e. The van der Waals surface area contributed by atoms with Crippen LogP contribution in [0.25, 0.3) is 0 Å². The topological polar surface area (TPSA) is 17.1 Å². The highest BCUT2D eigenvalue weighted by Gasteiger charge is 2.00. The molecule has 15 heavy (non-hydrogen) atoms. The first-order valence-electron chi connectivity index (χ1n) is 5.48. The molecule has 0 unspecified atom stereocenters. The van der Waals surface area contributed by atoms with E-state index in [1.54, 1.807) is 12.1 Å². The molecule has 0 bridgehead atoms. The molecule has 0 saturated carbocycles. The molecular weight excluding hydrogens is 191 g/mol. The smallest absolute Gasteiger partial charge is 0.132 e. The largest absolute Gasteiger partial charge is 0.300 e. The Bertz CT molecular complexity index is 303. The van der Waals surface area contributed by atoms with Crippen molar-refractivity contribution in [2.24, 2.45) is 0 Å². The fraction of sp³-hybridized carbons (Fsp3) is 0.462. The molecule has 0 N–H and O–H groups in total. The summed E-state index contributed by atoms with van der Waals surface area (Å²) in [5, 5.41) is 0. The second-order valence-electron chi connectivity index (χ2n) is 3.77. The number of carbonyl (C=O) groups is 1. The number of ketones is 1. The first-order chi connectivity index (χ1) is 7.22. The van der Waals surface area contributed by atoms with E-state index in [9.17, 15) is 9.18 Å². The van der Waals surface area contributed by atoms with Crippen LogP contribution in [0.5, 0.6) is 0 Å². The summed E-state index contributed by atoms with van der Waals surface area (Å²) in [7, 11) is 0. The van der Waals surface area contributed by atoms with E-state index in [1.165, 1.54) is 12.1 Å². The molecule has 0 radical (unpaired) electrons. The molecule has 0 spiro atoms. The molecule has 1 rings (SSSR count). The van der Waals surface area contributed by atoms with Crippen LogP contribution in [0.15, 0.2) is 24.3 Å². The van der Waals surface area contributed by atoms with Gasteiger partial charge in [-0.3, -0.25) is 4.79 Å². The summed E-state index contributed by atoms with van der Waals surface area (Å²) >= 11 is 0. The number of rotatable bonds is 6. The second-order valence-corrected chi connectivity index (χ2v) is 3.77. The van der Waals surface area contributed by atoms with Crippen molar-refractivity contribution in [1.82, 2.24) is 0 Å². The van der Waals surface area contributed by atoms with E-state index >= 15 is 0 Å². The summed E-state index contributed by atoms with van der Waals surface area (Å²) in [5.41, 5.74) is 1.10. The fourth-order valence-electron chi connectivity index (χ4n) is 1.54. The maximum atomic E-state index is 12.6. The van der Waals surface area contributed by atoms with Crippen LogP contribution in [0.3, 0.4) is 0 Å². The minimum absolute atomic E-state index is 0.208. The number of hydrogen-bond acceptors (Lipinski definition) is 1. The van der Waals surface area contributed by atoms with Gasteiger partial charge in [0.25, 0.3) is 0 Å². The van der Waals surface area contributed by atoms with Gasteiger partial charge in [-0.05, 0) is 37.0 Å². The van der Waals surface area contributed by atoms with Gasteiger partial charge >= 0.3 is 0 Å². The average Bonchev–Trinajstić information content (AvgIpc) is 2.21. The number of hydrogen-bond donors (Lipinski definition) is 0. The SMILES string of the molecule is CCCC(=O)CCCc1ccc(F)cc1. The lowest BCUT2D eigenvalue weighted by atomic mass is 10.0. The average molecular weight is 208 g/mol. The van der Waals surface area contributed by atoms with Crippen LogP contribution in [0.2, 0.25) is 0 Å². The van der Waals surface area contributed by atoms with E-state index in [2.05, 4.69) is 0 Å². The first-order valence-corrected chi connectivity index (χ1v) is 5.48. The van der Waals surface area contributed by atoms with Crippen LogP contribution < -0.4 is 0 Å². The van der Waals surface area contributed by atoms with E-state index in [4.69, 9.17) is 0 Å². The van der Waals surface area contributed by atoms with Crippen molar-refractivity contribution in [3.63, 3.8) is 0 Å². The Morgan fingerprint density at radius 2 is 1.87 bits per heavy atom. The molecule has 0 atom stereocenters. The molecule has 1 aromatic rings. The van der Waals surface area contributed by atoms with Gasteiger partial charge in [-0.25, -0.2) is 4.39 Å². The summed E-state index contributed by atoms with van der Waals surface area (Å²) in [6.07, 6.45) is 3.98. The highest BCUT2D eigenvalue weighted by molar-refractivity contribution is 5.78. The van der Waals surface area contributed by atoms with E-state index in [-0.39, 0.29) is 5.82 Å². The molecule has 0 fully saturated rings. The summed E-state index contributed by atoms with van der Waals surface area (Å²) in [6, 6.07) is 6.48. The van der Waals surface area contributed by atoms with Gasteiger partial charge in [-0.15, -0.1) is 0 Å². The summed E-state index contributed by atoms with van der Waals surface area (Å²) in [4.78, 5) is 11.2. The van der Waals surface area contributed by atoms with Gasteiger partial charge in [0.1, 0.15) is 11.6 Å². The van der Waals surface area contributed by atoms with Gasteiger partial charge in [-0.1, -0.05) is 19.1 Å². The normalized spacial score (nSPS) is 10.3. The van der Waals surface area contributed by atoms with E-state index in [1.807, 2.05) is 6.92 Å². The van der Waals surface area contributed by atoms with Crippen LogP contribution in [0, 0.1) is 5.82 Å². The minimum atomic E-state index is -0.208. The zero-order valence-electron chi connectivity index (χ0n) is 9.13. The third-order valence-corrected chi connectivity index (χ3v) is 2.36. The second kappa shape index (κ2) is 6.33. The molecule has 82 valence electrons. The maximum Gasteiger partial charge on any atom is 0.132 e. The predicted octanol–water partition coefficient (Wildman–Crippen LogP) is 3.52. The highest BCUT2D eigenvalue weighted by atomic mass is 19.1. The lowest BCUT2D eigenvalue weighted by Gasteiger charge is -2.00. The van der Waals surface area contributed by atoms with Crippen molar-refractivity contribution in [2.45, 2.75) is 39.0 Å². The van der Waals surface area contributed by atoms with E-state index in [0.29, 0.717) is 18.6 Å². The van der Waals surface area contributed by atoms with Crippen molar-refractivity contribution >= 4 is 5.78 Å². The van der Waals surface area contributed by atoms with Crippen LogP contribution >= 0.6 is 0 Å². The number of aryl methyl sites for hydroxylation is 1. The van der Waals surface area contributed by atoms with Crippen molar-refractivity contribution in [3.8, 4) is 0 Å². The Morgan fingerprint density at radius 3 is 2.47 bits per heavy atom. The molecule has 0 aliphatic rings. The quantitative estimate of drug-likeness (QED) is 0.699. The Kier molecular flexibility index (Phi) is 5.02. The van der Waals surface area contributed by atoms with Crippen LogP contribution in [0.1, 0.15) is 38.2 Å². The van der Waals surface area contributed by atoms with Gasteiger partial charge in [0, 0.05) is 12.8 Å². The lowest BCUT2D eigenvalue weighted by molar-refractivity contribution is -0.119. The Hall–Kier alpha value is -1.18. The van der Waals surface area contributed by atoms with Crippen LogP contribution in [-0.2, 0) is 11.2 Å². The van der Waals surface area contributed by atoms with E-state index in [0.717, 1.165) is 24.8 Å². The fourth-order valence-corrected chi connectivity index (χ4v) is 1.54. The number of Topliss-reactive ketones (excluding diaryl/α,β-unsaturated/α-hetero) is 1. The van der Waals surface area contributed by atoms with Crippen molar-refractivity contribution in [2.75, 3.05) is 0 Å². The summed E-state index contributed by atoms with van der Waals surface area (Å²) in [5.74, 6) is 0.125. The van der Waals surface area contributed by atoms with Gasteiger partial charge in [0.15, 0.2) is 0 Å². The zero-order valence-corrected chi connectivity index (χ0v) is 9.13. The van der Waals surface area contributed by atoms with Gasteiger partial charge < -0.3 is 0 Å². The summed E-state index contributed by atoms with van der Waals surface area (Å²) < 4.78 is 12.6. The molecule has 0 aliphatic heterocycles. The third-order valence-electron chi connectivity index (χ3n) is 2.36. The third kappa shape index (κ3) is 4.73. The standard InChI is InChI=1S/C13H17FO/c1-2-4-13(15)6-3-5-11-7-9-12(14)10-8-11/h7-10H,2-6H2,1H3. The van der Waals surface area contributed by atoms with Crippen LogP contribution in [-0.4, -0.2) is 5.78 Å². The molecule has 0 aliphatic carbocycles. The molecule has 1 aromatic carbocycles. The van der Waals surface area contributed by atoms with Gasteiger partial charge in [0.2, 0.25) is 0 Å². The predicted molar refractivity (Wildman–Crippen MR) is 59.3 cm³/mol. The molecule has 0 heterocycles. The van der Waals surface area contributed by atoms with Gasteiger partial charge in [0.05, 0.1) is 0 Å². The molecule has 1 nitrogen and oxygen atoms in total. The number of benzene rings is 1. The van der Waals surface area contributed by atoms with E-state index < -0.39 is 0 Å². The molecule has 0 saturated heterocycles. The lowest BCUT2D eigenvalue weighted by Crippen LogP contribution is -1.97. The molecule has 0 amide bonds.